The minimum atomic E-state index is -2.64. The lowest BCUT2D eigenvalue weighted by atomic mass is 10.1. The number of pyridine rings is 3. The highest BCUT2D eigenvalue weighted by Crippen LogP contribution is 2.30. The van der Waals surface area contributed by atoms with Gasteiger partial charge in [0, 0.05) is 18.0 Å². The standard InChI is InChI=1S/C21H19F2N7O3/c1-32-15-8-13(10-25-20(15)33-2)12-6-7-30-18(9-12)28-21(29-30)27-17-5-3-4-14(26-17)19(31)24-11-16(22)23/h3-10,16H,11H2,1-2H3,(H,24,31)(H,26,27,29). The van der Waals surface area contributed by atoms with Crippen LogP contribution in [0.2, 0.25) is 0 Å². The molecule has 1 amide bonds. The largest absolute Gasteiger partial charge is 0.491 e. The van der Waals surface area contributed by atoms with Gasteiger partial charge in [0.1, 0.15) is 11.5 Å². The number of carbonyl (C=O) groups is 1. The van der Waals surface area contributed by atoms with Gasteiger partial charge in [-0.05, 0) is 35.9 Å². The minimum absolute atomic E-state index is 0.00680. The van der Waals surface area contributed by atoms with Crippen molar-refractivity contribution in [3.8, 4) is 22.8 Å². The van der Waals surface area contributed by atoms with Crippen LogP contribution in [0.4, 0.5) is 20.5 Å². The maximum Gasteiger partial charge on any atom is 0.270 e. The predicted molar refractivity (Wildman–Crippen MR) is 115 cm³/mol. The van der Waals surface area contributed by atoms with Gasteiger partial charge in [0.05, 0.1) is 20.8 Å². The Morgan fingerprint density at radius 2 is 1.97 bits per heavy atom. The number of hydrogen-bond acceptors (Lipinski definition) is 8. The summed E-state index contributed by atoms with van der Waals surface area (Å²) < 4.78 is 36.7. The predicted octanol–water partition coefficient (Wildman–Crippen LogP) is 2.94. The molecule has 0 saturated carbocycles. The fourth-order valence-electron chi connectivity index (χ4n) is 3.01. The van der Waals surface area contributed by atoms with Gasteiger partial charge in [-0.15, -0.1) is 5.10 Å². The van der Waals surface area contributed by atoms with E-state index in [4.69, 9.17) is 9.47 Å². The number of amides is 1. The number of hydrogen-bond donors (Lipinski definition) is 2. The molecule has 4 aromatic heterocycles. The zero-order valence-electron chi connectivity index (χ0n) is 17.6. The van der Waals surface area contributed by atoms with Crippen molar-refractivity contribution in [1.82, 2.24) is 29.9 Å². The number of aromatic nitrogens is 5. The average Bonchev–Trinajstić information content (AvgIpc) is 3.23. The molecule has 4 aromatic rings. The number of alkyl halides is 2. The van der Waals surface area contributed by atoms with Crippen molar-refractivity contribution in [2.24, 2.45) is 0 Å². The molecule has 0 fully saturated rings. The van der Waals surface area contributed by atoms with Gasteiger partial charge in [-0.25, -0.2) is 23.3 Å². The van der Waals surface area contributed by atoms with Gasteiger partial charge in [0.2, 0.25) is 5.95 Å². The van der Waals surface area contributed by atoms with E-state index in [9.17, 15) is 13.6 Å². The van der Waals surface area contributed by atoms with Crippen molar-refractivity contribution in [3.05, 3.63) is 54.5 Å². The Labute approximate surface area is 186 Å². The van der Waals surface area contributed by atoms with Crippen molar-refractivity contribution >= 4 is 23.3 Å². The van der Waals surface area contributed by atoms with Crippen LogP contribution in [0.3, 0.4) is 0 Å². The van der Waals surface area contributed by atoms with Crippen molar-refractivity contribution in [2.45, 2.75) is 6.43 Å². The molecular formula is C21H19F2N7O3. The molecule has 0 aliphatic heterocycles. The molecule has 0 spiro atoms. The first-order valence-corrected chi connectivity index (χ1v) is 9.72. The van der Waals surface area contributed by atoms with Crippen LogP contribution in [-0.4, -0.2) is 57.7 Å². The first-order chi connectivity index (χ1) is 16.0. The molecule has 0 radical (unpaired) electrons. The highest BCUT2D eigenvalue weighted by atomic mass is 19.3. The topological polar surface area (TPSA) is 116 Å². The van der Waals surface area contributed by atoms with Gasteiger partial charge in [-0.3, -0.25) is 4.79 Å². The first-order valence-electron chi connectivity index (χ1n) is 9.72. The summed E-state index contributed by atoms with van der Waals surface area (Å²) in [5.41, 5.74) is 2.19. The van der Waals surface area contributed by atoms with E-state index in [1.807, 2.05) is 18.2 Å². The normalized spacial score (nSPS) is 10.9. The summed E-state index contributed by atoms with van der Waals surface area (Å²) in [5, 5.41) is 9.36. The van der Waals surface area contributed by atoms with Crippen molar-refractivity contribution in [1.29, 1.82) is 0 Å². The van der Waals surface area contributed by atoms with Crippen molar-refractivity contribution in [3.63, 3.8) is 0 Å². The maximum absolute atomic E-state index is 12.3. The lowest BCUT2D eigenvalue weighted by Crippen LogP contribution is -2.29. The number of carbonyl (C=O) groups excluding carboxylic acids is 1. The molecule has 0 saturated heterocycles. The Kier molecular flexibility index (Phi) is 6.24. The second kappa shape index (κ2) is 9.42. The van der Waals surface area contributed by atoms with Crippen LogP contribution < -0.4 is 20.1 Å². The van der Waals surface area contributed by atoms with Crippen LogP contribution in [0.5, 0.6) is 11.6 Å². The quantitative estimate of drug-likeness (QED) is 0.417. The molecule has 33 heavy (non-hydrogen) atoms. The van der Waals surface area contributed by atoms with Gasteiger partial charge < -0.3 is 20.1 Å². The van der Waals surface area contributed by atoms with Gasteiger partial charge >= 0.3 is 0 Å². The smallest absolute Gasteiger partial charge is 0.270 e. The van der Waals surface area contributed by atoms with E-state index in [-0.39, 0.29) is 11.6 Å². The number of methoxy groups -OCH3 is 2. The van der Waals surface area contributed by atoms with E-state index in [0.717, 1.165) is 11.1 Å². The molecule has 12 heteroatoms. The molecule has 0 atom stereocenters. The fraction of sp³-hybridized carbons (Fsp3) is 0.190. The summed E-state index contributed by atoms with van der Waals surface area (Å²) in [6.45, 7) is -0.746. The molecule has 4 heterocycles. The second-order valence-electron chi connectivity index (χ2n) is 6.72. The van der Waals surface area contributed by atoms with E-state index >= 15 is 0 Å². The van der Waals surface area contributed by atoms with Crippen LogP contribution >= 0.6 is 0 Å². The van der Waals surface area contributed by atoms with Gasteiger partial charge in [-0.2, -0.15) is 4.98 Å². The molecule has 170 valence electrons. The highest BCUT2D eigenvalue weighted by Gasteiger charge is 2.13. The van der Waals surface area contributed by atoms with Crippen LogP contribution in [0, 0.1) is 0 Å². The Hall–Kier alpha value is -4.35. The zero-order chi connectivity index (χ0) is 23.4. The number of ether oxygens (including phenoxy) is 2. The first kappa shape index (κ1) is 21.9. The maximum atomic E-state index is 12.3. The average molecular weight is 455 g/mol. The second-order valence-corrected chi connectivity index (χ2v) is 6.72. The number of nitrogens with one attached hydrogen (secondary N) is 2. The summed E-state index contributed by atoms with van der Waals surface area (Å²) in [6.07, 6.45) is 0.760. The van der Waals surface area contributed by atoms with E-state index in [2.05, 4.69) is 30.7 Å². The number of anilines is 2. The summed E-state index contributed by atoms with van der Waals surface area (Å²) in [6, 6.07) is 10.1. The van der Waals surface area contributed by atoms with Gasteiger partial charge in [0.15, 0.2) is 11.4 Å². The third kappa shape index (κ3) is 4.95. The summed E-state index contributed by atoms with van der Waals surface area (Å²) in [7, 11) is 3.05. The number of rotatable bonds is 8. The zero-order valence-corrected chi connectivity index (χ0v) is 17.6. The van der Waals surface area contributed by atoms with Gasteiger partial charge in [-0.1, -0.05) is 6.07 Å². The molecule has 4 rings (SSSR count). The van der Waals surface area contributed by atoms with Gasteiger partial charge in [0.25, 0.3) is 18.2 Å². The minimum Gasteiger partial charge on any atom is -0.491 e. The molecule has 10 nitrogen and oxygen atoms in total. The van der Waals surface area contributed by atoms with E-state index in [0.29, 0.717) is 23.1 Å². The molecular weight excluding hydrogens is 436 g/mol. The summed E-state index contributed by atoms with van der Waals surface area (Å²) in [4.78, 5) is 24.8. The summed E-state index contributed by atoms with van der Waals surface area (Å²) in [5.74, 6) is 0.723. The third-order valence-corrected chi connectivity index (χ3v) is 4.54. The number of nitrogens with zero attached hydrogens (tertiary/aromatic N) is 5. The van der Waals surface area contributed by atoms with E-state index in [1.54, 1.807) is 29.0 Å². The Balaban J connectivity index is 1.55. The molecule has 0 aromatic carbocycles. The lowest BCUT2D eigenvalue weighted by molar-refractivity contribution is 0.0887. The lowest BCUT2D eigenvalue weighted by Gasteiger charge is -2.08. The van der Waals surface area contributed by atoms with Crippen LogP contribution in [-0.2, 0) is 0 Å². The monoisotopic (exact) mass is 455 g/mol. The van der Waals surface area contributed by atoms with Crippen LogP contribution in [0.15, 0.2) is 48.8 Å². The Bertz CT molecular complexity index is 1300. The number of halogens is 2. The van der Waals surface area contributed by atoms with Crippen molar-refractivity contribution in [2.75, 3.05) is 26.1 Å². The fourth-order valence-corrected chi connectivity index (χ4v) is 3.01. The van der Waals surface area contributed by atoms with E-state index < -0.39 is 18.9 Å². The molecule has 0 bridgehead atoms. The molecule has 0 aliphatic rings. The van der Waals surface area contributed by atoms with E-state index in [1.165, 1.54) is 20.3 Å². The summed E-state index contributed by atoms with van der Waals surface area (Å²) >= 11 is 0. The van der Waals surface area contributed by atoms with Crippen molar-refractivity contribution < 1.29 is 23.0 Å². The molecule has 0 aliphatic carbocycles. The Morgan fingerprint density at radius 1 is 1.12 bits per heavy atom. The van der Waals surface area contributed by atoms with Crippen LogP contribution in [0.1, 0.15) is 10.5 Å². The third-order valence-electron chi connectivity index (χ3n) is 4.54. The highest BCUT2D eigenvalue weighted by molar-refractivity contribution is 5.92. The Morgan fingerprint density at radius 3 is 2.73 bits per heavy atom. The molecule has 0 unspecified atom stereocenters. The van der Waals surface area contributed by atoms with Crippen LogP contribution in [0.25, 0.3) is 16.8 Å². The number of fused-ring (bicyclic) bond motifs is 1. The SMILES string of the molecule is COc1cc(-c2ccn3nc(Nc4cccc(C(=O)NCC(F)F)n4)nc3c2)cnc1OC. The molecule has 2 N–H and O–H groups in total.